The van der Waals surface area contributed by atoms with Crippen LogP contribution in [0.15, 0.2) is 36.4 Å². The summed E-state index contributed by atoms with van der Waals surface area (Å²) in [6, 6.07) is 6.22. The molecule has 2 aromatic carbocycles. The van der Waals surface area contributed by atoms with E-state index in [1.54, 1.807) is 6.92 Å². The van der Waals surface area contributed by atoms with Crippen LogP contribution >= 0.6 is 0 Å². The minimum atomic E-state index is -1.64. The first-order valence-corrected chi connectivity index (χ1v) is 9.51. The molecule has 0 bridgehead atoms. The molecule has 0 spiro atoms. The standard InChI is InChI=1S/C21H21F4N3O2/c1-12(20(29)27-17-7-6-16(23)18(24)19(17)25)28-10-8-15(9-11-28)26-21(30)13-2-4-14(22)5-3-13/h2-7,12,15H,8-11H2,1H3,(H,26,30)(H,27,29). The van der Waals surface area contributed by atoms with Crippen LogP contribution in [0.1, 0.15) is 30.1 Å². The van der Waals surface area contributed by atoms with Gasteiger partial charge in [-0.15, -0.1) is 0 Å². The van der Waals surface area contributed by atoms with Gasteiger partial charge >= 0.3 is 0 Å². The van der Waals surface area contributed by atoms with E-state index in [2.05, 4.69) is 10.6 Å². The summed E-state index contributed by atoms with van der Waals surface area (Å²) in [5.41, 5.74) is -0.0627. The van der Waals surface area contributed by atoms with E-state index in [0.29, 0.717) is 31.5 Å². The first kappa shape index (κ1) is 21.8. The minimum Gasteiger partial charge on any atom is -0.349 e. The molecule has 1 fully saturated rings. The summed E-state index contributed by atoms with van der Waals surface area (Å²) in [6.45, 7) is 2.64. The molecular weight excluding hydrogens is 402 g/mol. The fourth-order valence-electron chi connectivity index (χ4n) is 3.33. The van der Waals surface area contributed by atoms with Gasteiger partial charge < -0.3 is 10.6 Å². The van der Waals surface area contributed by atoms with Crippen LogP contribution in [0.2, 0.25) is 0 Å². The van der Waals surface area contributed by atoms with Crippen LogP contribution in [0.5, 0.6) is 0 Å². The number of benzene rings is 2. The van der Waals surface area contributed by atoms with E-state index >= 15 is 0 Å². The Balaban J connectivity index is 1.51. The van der Waals surface area contributed by atoms with Crippen molar-refractivity contribution in [3.05, 3.63) is 65.2 Å². The van der Waals surface area contributed by atoms with Gasteiger partial charge in [0.05, 0.1) is 11.7 Å². The molecule has 9 heteroatoms. The molecule has 1 atom stereocenters. The molecule has 1 aliphatic heterocycles. The summed E-state index contributed by atoms with van der Waals surface area (Å²) >= 11 is 0. The first-order chi connectivity index (χ1) is 14.3. The molecule has 2 N–H and O–H groups in total. The van der Waals surface area contributed by atoms with Gasteiger partial charge in [-0.2, -0.15) is 0 Å². The maximum Gasteiger partial charge on any atom is 0.251 e. The maximum absolute atomic E-state index is 13.8. The molecule has 2 aromatic rings. The molecule has 0 aromatic heterocycles. The Morgan fingerprint density at radius 3 is 2.23 bits per heavy atom. The number of likely N-dealkylation sites (tertiary alicyclic amines) is 1. The molecule has 1 heterocycles. The number of hydrogen-bond donors (Lipinski definition) is 2. The number of carbonyl (C=O) groups excluding carboxylic acids is 2. The molecule has 0 aliphatic carbocycles. The summed E-state index contributed by atoms with van der Waals surface area (Å²) in [5.74, 6) is -5.68. The number of hydrogen-bond acceptors (Lipinski definition) is 3. The van der Waals surface area contributed by atoms with Crippen LogP contribution in [0.3, 0.4) is 0 Å². The normalized spacial score (nSPS) is 16.2. The Bertz CT molecular complexity index is 929. The van der Waals surface area contributed by atoms with Gasteiger partial charge in [-0.05, 0) is 56.2 Å². The van der Waals surface area contributed by atoms with Gasteiger partial charge in [-0.25, -0.2) is 17.6 Å². The molecule has 2 amide bonds. The van der Waals surface area contributed by atoms with Crippen LogP contribution in [-0.4, -0.2) is 41.9 Å². The predicted octanol–water partition coefficient (Wildman–Crippen LogP) is 3.46. The fraction of sp³-hybridized carbons (Fsp3) is 0.333. The molecule has 5 nitrogen and oxygen atoms in total. The largest absolute Gasteiger partial charge is 0.349 e. The number of carbonyl (C=O) groups is 2. The van der Waals surface area contributed by atoms with Crippen LogP contribution < -0.4 is 10.6 Å². The van der Waals surface area contributed by atoms with Crippen molar-refractivity contribution >= 4 is 17.5 Å². The summed E-state index contributed by atoms with van der Waals surface area (Å²) in [5, 5.41) is 5.17. The lowest BCUT2D eigenvalue weighted by molar-refractivity contribution is -0.121. The second-order valence-corrected chi connectivity index (χ2v) is 7.18. The second-order valence-electron chi connectivity index (χ2n) is 7.18. The summed E-state index contributed by atoms with van der Waals surface area (Å²) < 4.78 is 53.1. The molecule has 3 rings (SSSR count). The molecule has 160 valence electrons. The van der Waals surface area contributed by atoms with E-state index in [4.69, 9.17) is 0 Å². The molecule has 0 radical (unpaired) electrons. The van der Waals surface area contributed by atoms with Gasteiger partial charge in [0.15, 0.2) is 17.5 Å². The van der Waals surface area contributed by atoms with Gasteiger partial charge in [0.1, 0.15) is 5.82 Å². The lowest BCUT2D eigenvalue weighted by atomic mass is 10.0. The predicted molar refractivity (Wildman–Crippen MR) is 103 cm³/mol. The highest BCUT2D eigenvalue weighted by atomic mass is 19.2. The van der Waals surface area contributed by atoms with Crippen molar-refractivity contribution in [1.82, 2.24) is 10.2 Å². The summed E-state index contributed by atoms with van der Waals surface area (Å²) in [7, 11) is 0. The number of nitrogens with zero attached hydrogens (tertiary/aromatic N) is 1. The van der Waals surface area contributed by atoms with Gasteiger partial charge in [0.2, 0.25) is 5.91 Å². The smallest absolute Gasteiger partial charge is 0.251 e. The summed E-state index contributed by atoms with van der Waals surface area (Å²) in [4.78, 5) is 26.5. The van der Waals surface area contributed by atoms with E-state index in [1.807, 2.05) is 4.90 Å². The van der Waals surface area contributed by atoms with Crippen molar-refractivity contribution in [3.63, 3.8) is 0 Å². The van der Waals surface area contributed by atoms with Crippen molar-refractivity contribution in [2.75, 3.05) is 18.4 Å². The highest BCUT2D eigenvalue weighted by Gasteiger charge is 2.28. The van der Waals surface area contributed by atoms with Crippen LogP contribution in [0.4, 0.5) is 23.2 Å². The number of amides is 2. The second kappa shape index (κ2) is 9.25. The highest BCUT2D eigenvalue weighted by molar-refractivity contribution is 5.95. The Morgan fingerprint density at radius 1 is 0.967 bits per heavy atom. The molecular formula is C21H21F4N3O2. The lowest BCUT2D eigenvalue weighted by Gasteiger charge is -2.35. The highest BCUT2D eigenvalue weighted by Crippen LogP contribution is 2.21. The fourth-order valence-corrected chi connectivity index (χ4v) is 3.33. The van der Waals surface area contributed by atoms with Crippen LogP contribution in [-0.2, 0) is 4.79 Å². The SMILES string of the molecule is CC(C(=O)Nc1ccc(F)c(F)c1F)N1CCC(NC(=O)c2ccc(F)cc2)CC1. The molecule has 1 unspecified atom stereocenters. The van der Waals surface area contributed by atoms with Gasteiger partial charge in [-0.1, -0.05) is 0 Å². The Kier molecular flexibility index (Phi) is 6.71. The van der Waals surface area contributed by atoms with E-state index in [0.717, 1.165) is 12.1 Å². The van der Waals surface area contributed by atoms with E-state index in [-0.39, 0.29) is 11.9 Å². The number of nitrogens with one attached hydrogen (secondary N) is 2. The Labute approximate surface area is 171 Å². The topological polar surface area (TPSA) is 61.4 Å². The number of rotatable bonds is 5. The zero-order valence-corrected chi connectivity index (χ0v) is 16.2. The zero-order chi connectivity index (χ0) is 21.8. The first-order valence-electron chi connectivity index (χ1n) is 9.51. The number of halogens is 4. The van der Waals surface area contributed by atoms with Crippen molar-refractivity contribution in [2.45, 2.75) is 31.8 Å². The molecule has 1 aliphatic rings. The number of piperidine rings is 1. The average molecular weight is 423 g/mol. The van der Waals surface area contributed by atoms with Gasteiger partial charge in [0.25, 0.3) is 5.91 Å². The zero-order valence-electron chi connectivity index (χ0n) is 16.2. The van der Waals surface area contributed by atoms with Crippen LogP contribution in [0.25, 0.3) is 0 Å². The molecule has 1 saturated heterocycles. The van der Waals surface area contributed by atoms with E-state index in [9.17, 15) is 27.2 Å². The monoisotopic (exact) mass is 423 g/mol. The third-order valence-electron chi connectivity index (χ3n) is 5.19. The average Bonchev–Trinajstić information content (AvgIpc) is 2.74. The third-order valence-corrected chi connectivity index (χ3v) is 5.19. The molecule has 30 heavy (non-hydrogen) atoms. The minimum absolute atomic E-state index is 0.0993. The quantitative estimate of drug-likeness (QED) is 0.572. The van der Waals surface area contributed by atoms with Crippen molar-refractivity contribution in [3.8, 4) is 0 Å². The van der Waals surface area contributed by atoms with Crippen molar-refractivity contribution in [1.29, 1.82) is 0 Å². The van der Waals surface area contributed by atoms with Gasteiger partial charge in [-0.3, -0.25) is 14.5 Å². The Hall–Kier alpha value is -2.94. The Morgan fingerprint density at radius 2 is 1.60 bits per heavy atom. The maximum atomic E-state index is 13.8. The van der Waals surface area contributed by atoms with E-state index < -0.39 is 40.9 Å². The number of anilines is 1. The third kappa shape index (κ3) is 4.96. The summed E-state index contributed by atoms with van der Waals surface area (Å²) in [6.07, 6.45) is 1.17. The van der Waals surface area contributed by atoms with Crippen LogP contribution in [0, 0.1) is 23.3 Å². The lowest BCUT2D eigenvalue weighted by Crippen LogP contribution is -2.50. The van der Waals surface area contributed by atoms with Crippen molar-refractivity contribution in [2.24, 2.45) is 0 Å². The molecule has 0 saturated carbocycles. The van der Waals surface area contributed by atoms with Gasteiger partial charge in [0, 0.05) is 24.7 Å². The van der Waals surface area contributed by atoms with Crippen molar-refractivity contribution < 1.29 is 27.2 Å². The van der Waals surface area contributed by atoms with E-state index in [1.165, 1.54) is 24.3 Å².